The molecule has 0 radical (unpaired) electrons. The summed E-state index contributed by atoms with van der Waals surface area (Å²) in [6, 6.07) is 0. The zero-order chi connectivity index (χ0) is 10.9. The van der Waals surface area contributed by atoms with Gasteiger partial charge in [-0.25, -0.2) is 9.59 Å². The SMILES string of the molecule is CC(C)(C)OC(=O)[C@](C)(N)C(=O)O. The number of rotatable bonds is 2. The summed E-state index contributed by atoms with van der Waals surface area (Å²) < 4.78 is 4.82. The summed E-state index contributed by atoms with van der Waals surface area (Å²) in [4.78, 5) is 21.7. The minimum Gasteiger partial charge on any atom is -0.479 e. The van der Waals surface area contributed by atoms with Crippen molar-refractivity contribution < 1.29 is 19.4 Å². The van der Waals surface area contributed by atoms with Gasteiger partial charge in [0.25, 0.3) is 0 Å². The fourth-order valence-corrected chi connectivity index (χ4v) is 0.471. The van der Waals surface area contributed by atoms with Gasteiger partial charge in [0.1, 0.15) is 5.60 Å². The highest BCUT2D eigenvalue weighted by Crippen LogP contribution is 2.12. The molecule has 0 aromatic carbocycles. The van der Waals surface area contributed by atoms with Crippen molar-refractivity contribution in [2.75, 3.05) is 0 Å². The lowest BCUT2D eigenvalue weighted by molar-refractivity contribution is -0.168. The lowest BCUT2D eigenvalue weighted by atomic mass is 10.0. The lowest BCUT2D eigenvalue weighted by Gasteiger charge is -2.25. The van der Waals surface area contributed by atoms with Crippen molar-refractivity contribution >= 4 is 11.9 Å². The van der Waals surface area contributed by atoms with Gasteiger partial charge >= 0.3 is 11.9 Å². The Morgan fingerprint density at radius 1 is 1.23 bits per heavy atom. The van der Waals surface area contributed by atoms with Gasteiger partial charge in [-0.3, -0.25) is 0 Å². The van der Waals surface area contributed by atoms with Crippen LogP contribution in [0.1, 0.15) is 27.7 Å². The van der Waals surface area contributed by atoms with Crippen molar-refractivity contribution in [1.29, 1.82) is 0 Å². The van der Waals surface area contributed by atoms with Crippen LogP contribution in [0.25, 0.3) is 0 Å². The molecule has 1 atom stereocenters. The summed E-state index contributed by atoms with van der Waals surface area (Å²) in [6.45, 7) is 6.03. The number of ether oxygens (including phenoxy) is 1. The molecule has 0 fully saturated rings. The van der Waals surface area contributed by atoms with Crippen molar-refractivity contribution in [3.8, 4) is 0 Å². The molecule has 0 heterocycles. The van der Waals surface area contributed by atoms with Gasteiger partial charge in [0.15, 0.2) is 0 Å². The molecule has 0 amide bonds. The third kappa shape index (κ3) is 3.42. The van der Waals surface area contributed by atoms with Crippen molar-refractivity contribution in [3.05, 3.63) is 0 Å². The topological polar surface area (TPSA) is 89.6 Å². The number of carboxylic acid groups (broad SMARTS) is 1. The monoisotopic (exact) mass is 189 g/mol. The first-order valence-electron chi connectivity index (χ1n) is 3.83. The normalized spacial score (nSPS) is 16.1. The summed E-state index contributed by atoms with van der Waals surface area (Å²) in [7, 11) is 0. The van der Waals surface area contributed by atoms with Crippen LogP contribution in [0.3, 0.4) is 0 Å². The molecule has 0 aromatic rings. The largest absolute Gasteiger partial charge is 0.479 e. The number of hydrogen-bond donors (Lipinski definition) is 2. The van der Waals surface area contributed by atoms with Gasteiger partial charge in [0.2, 0.25) is 5.54 Å². The Labute approximate surface area is 76.9 Å². The minimum atomic E-state index is -1.98. The zero-order valence-electron chi connectivity index (χ0n) is 8.25. The van der Waals surface area contributed by atoms with E-state index in [1.54, 1.807) is 20.8 Å². The third-order valence-electron chi connectivity index (χ3n) is 1.27. The van der Waals surface area contributed by atoms with E-state index in [1.165, 1.54) is 0 Å². The Hall–Kier alpha value is -1.10. The molecule has 5 nitrogen and oxygen atoms in total. The Balaban J connectivity index is 4.53. The van der Waals surface area contributed by atoms with Crippen molar-refractivity contribution in [2.45, 2.75) is 38.8 Å². The minimum absolute atomic E-state index is 0.729. The second kappa shape index (κ2) is 3.33. The van der Waals surface area contributed by atoms with E-state index in [2.05, 4.69) is 0 Å². The fourth-order valence-electron chi connectivity index (χ4n) is 0.471. The molecule has 0 saturated heterocycles. The van der Waals surface area contributed by atoms with Crippen LogP contribution >= 0.6 is 0 Å². The molecular formula is C8H15NO4. The lowest BCUT2D eigenvalue weighted by Crippen LogP contribution is -2.54. The van der Waals surface area contributed by atoms with E-state index in [-0.39, 0.29) is 0 Å². The predicted molar refractivity (Wildman–Crippen MR) is 46.1 cm³/mol. The summed E-state index contributed by atoms with van der Waals surface area (Å²) >= 11 is 0. The highest BCUT2D eigenvalue weighted by Gasteiger charge is 2.40. The van der Waals surface area contributed by atoms with Gasteiger partial charge in [-0.2, -0.15) is 0 Å². The molecule has 0 aliphatic carbocycles. The van der Waals surface area contributed by atoms with Gasteiger partial charge in [-0.15, -0.1) is 0 Å². The molecular weight excluding hydrogens is 174 g/mol. The van der Waals surface area contributed by atoms with Gasteiger partial charge < -0.3 is 15.6 Å². The smallest absolute Gasteiger partial charge is 0.338 e. The molecule has 0 rings (SSSR count). The molecule has 5 heteroatoms. The van der Waals surface area contributed by atoms with E-state index < -0.39 is 23.1 Å². The Bertz CT molecular complexity index is 227. The maximum atomic E-state index is 11.2. The molecule has 3 N–H and O–H groups in total. The molecule has 0 aliphatic rings. The average molecular weight is 189 g/mol. The molecule has 13 heavy (non-hydrogen) atoms. The van der Waals surface area contributed by atoms with E-state index in [4.69, 9.17) is 15.6 Å². The van der Waals surface area contributed by atoms with Crippen molar-refractivity contribution in [2.24, 2.45) is 5.73 Å². The van der Waals surface area contributed by atoms with Crippen LogP contribution in [0.2, 0.25) is 0 Å². The van der Waals surface area contributed by atoms with E-state index in [1.807, 2.05) is 0 Å². The fraction of sp³-hybridized carbons (Fsp3) is 0.750. The summed E-state index contributed by atoms with van der Waals surface area (Å²) in [5.41, 5.74) is 2.53. The van der Waals surface area contributed by atoms with E-state index in [0.29, 0.717) is 0 Å². The first-order valence-corrected chi connectivity index (χ1v) is 3.83. The maximum Gasteiger partial charge on any atom is 0.338 e. The van der Waals surface area contributed by atoms with E-state index in [0.717, 1.165) is 6.92 Å². The number of aliphatic carboxylic acids is 1. The maximum absolute atomic E-state index is 11.2. The predicted octanol–water partition coefficient (Wildman–Crippen LogP) is 0.130. The van der Waals surface area contributed by atoms with Crippen LogP contribution in [0, 0.1) is 0 Å². The van der Waals surface area contributed by atoms with Crippen LogP contribution < -0.4 is 5.73 Å². The first kappa shape index (κ1) is 11.9. The van der Waals surface area contributed by atoms with E-state index >= 15 is 0 Å². The zero-order valence-corrected chi connectivity index (χ0v) is 8.25. The summed E-state index contributed by atoms with van der Waals surface area (Å²) in [6.07, 6.45) is 0. The number of carboxylic acids is 1. The Kier molecular flexibility index (Phi) is 3.05. The van der Waals surface area contributed by atoms with Crippen LogP contribution in [-0.2, 0) is 14.3 Å². The van der Waals surface area contributed by atoms with Gasteiger partial charge in [0, 0.05) is 0 Å². The first-order chi connectivity index (χ1) is 5.57. The molecule has 0 bridgehead atoms. The highest BCUT2D eigenvalue weighted by atomic mass is 16.6. The highest BCUT2D eigenvalue weighted by molar-refractivity contribution is 6.03. The second-order valence-corrected chi connectivity index (χ2v) is 4.01. The number of esters is 1. The number of carbonyl (C=O) groups is 2. The number of nitrogens with two attached hydrogens (primary N) is 1. The Morgan fingerprint density at radius 2 is 1.62 bits per heavy atom. The van der Waals surface area contributed by atoms with Gasteiger partial charge in [-0.05, 0) is 27.7 Å². The van der Waals surface area contributed by atoms with Gasteiger partial charge in [0.05, 0.1) is 0 Å². The molecule has 0 aliphatic heterocycles. The van der Waals surface area contributed by atoms with Crippen LogP contribution in [-0.4, -0.2) is 28.2 Å². The van der Waals surface area contributed by atoms with E-state index in [9.17, 15) is 9.59 Å². The Morgan fingerprint density at radius 3 is 1.85 bits per heavy atom. The van der Waals surface area contributed by atoms with Crippen LogP contribution in [0.5, 0.6) is 0 Å². The third-order valence-corrected chi connectivity index (χ3v) is 1.27. The molecule has 0 spiro atoms. The van der Waals surface area contributed by atoms with Crippen LogP contribution in [0.4, 0.5) is 0 Å². The van der Waals surface area contributed by atoms with Crippen molar-refractivity contribution in [3.63, 3.8) is 0 Å². The molecule has 0 aromatic heterocycles. The summed E-state index contributed by atoms with van der Waals surface area (Å²) in [5.74, 6) is -2.34. The number of carbonyl (C=O) groups excluding carboxylic acids is 1. The molecule has 76 valence electrons. The molecule has 0 unspecified atom stereocenters. The van der Waals surface area contributed by atoms with Gasteiger partial charge in [-0.1, -0.05) is 0 Å². The quantitative estimate of drug-likeness (QED) is 0.476. The standard InChI is InChI=1S/C8H15NO4/c1-7(2,3)13-6(12)8(4,9)5(10)11/h9H2,1-4H3,(H,10,11)/t8-/m1/s1. The molecule has 0 saturated carbocycles. The number of hydrogen-bond acceptors (Lipinski definition) is 4. The summed E-state index contributed by atoms with van der Waals surface area (Å²) in [5, 5.41) is 8.58. The average Bonchev–Trinajstić information content (AvgIpc) is 1.82. The second-order valence-electron chi connectivity index (χ2n) is 4.01. The van der Waals surface area contributed by atoms with Crippen LogP contribution in [0.15, 0.2) is 0 Å². The van der Waals surface area contributed by atoms with Crippen molar-refractivity contribution in [1.82, 2.24) is 0 Å².